The zero-order valence-corrected chi connectivity index (χ0v) is 13.8. The van der Waals surface area contributed by atoms with Gasteiger partial charge in [0, 0.05) is 11.3 Å². The fourth-order valence-corrected chi connectivity index (χ4v) is 2.03. The van der Waals surface area contributed by atoms with Crippen molar-refractivity contribution in [3.63, 3.8) is 0 Å². The van der Waals surface area contributed by atoms with Crippen LogP contribution in [-0.2, 0) is 9.53 Å². The maximum Gasteiger partial charge on any atom is 0.407 e. The van der Waals surface area contributed by atoms with Crippen molar-refractivity contribution in [2.75, 3.05) is 18.5 Å². The van der Waals surface area contributed by atoms with Crippen molar-refractivity contribution in [1.82, 2.24) is 10.3 Å². The standard InChI is InChI=1S/C14H21N3O4S/c1-4-5-6-21-14(20)15-7-11(18)10-8-22-13(16-10)17-12(19)9(2)3/h8-9H,4-7H2,1-3H3,(H,15,20)(H,16,17,19). The molecular formula is C14H21N3O4S. The van der Waals surface area contributed by atoms with Crippen LogP contribution in [0.2, 0.25) is 0 Å². The van der Waals surface area contributed by atoms with Gasteiger partial charge in [-0.15, -0.1) is 11.3 Å². The zero-order valence-electron chi connectivity index (χ0n) is 13.0. The summed E-state index contributed by atoms with van der Waals surface area (Å²) in [4.78, 5) is 38.8. The number of thiazole rings is 1. The quantitative estimate of drug-likeness (QED) is 0.564. The van der Waals surface area contributed by atoms with E-state index in [4.69, 9.17) is 4.74 Å². The van der Waals surface area contributed by atoms with Gasteiger partial charge in [-0.3, -0.25) is 9.59 Å². The molecule has 0 unspecified atom stereocenters. The third kappa shape index (κ3) is 6.21. The molecule has 0 radical (unpaired) electrons. The van der Waals surface area contributed by atoms with Crippen molar-refractivity contribution in [3.8, 4) is 0 Å². The van der Waals surface area contributed by atoms with Crippen LogP contribution in [0.3, 0.4) is 0 Å². The van der Waals surface area contributed by atoms with Gasteiger partial charge in [0.05, 0.1) is 13.2 Å². The van der Waals surface area contributed by atoms with Crippen LogP contribution >= 0.6 is 11.3 Å². The first-order valence-electron chi connectivity index (χ1n) is 7.14. The number of unbranched alkanes of at least 4 members (excludes halogenated alkanes) is 1. The summed E-state index contributed by atoms with van der Waals surface area (Å²) < 4.78 is 4.88. The lowest BCUT2D eigenvalue weighted by atomic mass is 10.2. The first kappa shape index (κ1) is 18.1. The number of carbonyl (C=O) groups is 3. The van der Waals surface area contributed by atoms with Crippen molar-refractivity contribution in [1.29, 1.82) is 0 Å². The number of ketones is 1. The summed E-state index contributed by atoms with van der Waals surface area (Å²) >= 11 is 1.17. The number of hydrogen-bond donors (Lipinski definition) is 2. The molecule has 2 amide bonds. The first-order chi connectivity index (χ1) is 10.4. The number of aromatic nitrogens is 1. The zero-order chi connectivity index (χ0) is 16.5. The van der Waals surface area contributed by atoms with Crippen LogP contribution < -0.4 is 10.6 Å². The van der Waals surface area contributed by atoms with Crippen LogP contribution in [0, 0.1) is 5.92 Å². The molecule has 7 nitrogen and oxygen atoms in total. The van der Waals surface area contributed by atoms with E-state index in [1.54, 1.807) is 19.2 Å². The molecule has 0 bridgehead atoms. The maximum absolute atomic E-state index is 11.9. The molecule has 0 atom stereocenters. The number of ether oxygens (including phenoxy) is 1. The molecule has 1 rings (SSSR count). The van der Waals surface area contributed by atoms with Crippen molar-refractivity contribution in [2.45, 2.75) is 33.6 Å². The van der Waals surface area contributed by atoms with Gasteiger partial charge in [0.25, 0.3) is 0 Å². The minimum absolute atomic E-state index is 0.161. The highest BCUT2D eigenvalue weighted by Crippen LogP contribution is 2.16. The van der Waals surface area contributed by atoms with Crippen molar-refractivity contribution in [2.24, 2.45) is 5.92 Å². The van der Waals surface area contributed by atoms with E-state index in [2.05, 4.69) is 15.6 Å². The van der Waals surface area contributed by atoms with Crippen molar-refractivity contribution < 1.29 is 19.1 Å². The van der Waals surface area contributed by atoms with E-state index in [1.807, 2.05) is 6.92 Å². The second kappa shape index (κ2) is 9.14. The van der Waals surface area contributed by atoms with E-state index in [9.17, 15) is 14.4 Å². The average Bonchev–Trinajstić information content (AvgIpc) is 2.93. The smallest absolute Gasteiger partial charge is 0.407 e. The van der Waals surface area contributed by atoms with Gasteiger partial charge in [0.2, 0.25) is 11.7 Å². The SMILES string of the molecule is CCCCOC(=O)NCC(=O)c1csc(NC(=O)C(C)C)n1. The molecule has 122 valence electrons. The Morgan fingerprint density at radius 2 is 2.09 bits per heavy atom. The number of alkyl carbamates (subject to hydrolysis) is 1. The lowest BCUT2D eigenvalue weighted by molar-refractivity contribution is -0.118. The summed E-state index contributed by atoms with van der Waals surface area (Å²) in [7, 11) is 0. The molecule has 0 saturated heterocycles. The van der Waals surface area contributed by atoms with Gasteiger partial charge in [0.15, 0.2) is 5.13 Å². The predicted octanol–water partition coefficient (Wildman–Crippen LogP) is 2.45. The molecular weight excluding hydrogens is 306 g/mol. The molecule has 0 aliphatic rings. The first-order valence-corrected chi connectivity index (χ1v) is 8.02. The molecule has 0 aliphatic heterocycles. The van der Waals surface area contributed by atoms with E-state index in [0.29, 0.717) is 11.7 Å². The maximum atomic E-state index is 11.9. The number of carbonyl (C=O) groups excluding carboxylic acids is 3. The number of amides is 2. The largest absolute Gasteiger partial charge is 0.450 e. The van der Waals surface area contributed by atoms with Gasteiger partial charge in [-0.25, -0.2) is 9.78 Å². The van der Waals surface area contributed by atoms with E-state index in [0.717, 1.165) is 12.8 Å². The molecule has 0 spiro atoms. The van der Waals surface area contributed by atoms with Gasteiger partial charge in [-0.1, -0.05) is 27.2 Å². The average molecular weight is 327 g/mol. The Bertz CT molecular complexity index is 528. The van der Waals surface area contributed by atoms with E-state index in [1.165, 1.54) is 11.3 Å². The molecule has 0 saturated carbocycles. The van der Waals surface area contributed by atoms with Crippen molar-refractivity contribution in [3.05, 3.63) is 11.1 Å². The minimum Gasteiger partial charge on any atom is -0.450 e. The van der Waals surface area contributed by atoms with E-state index >= 15 is 0 Å². The number of Topliss-reactive ketones (excluding diaryl/α,β-unsaturated/α-hetero) is 1. The van der Waals surface area contributed by atoms with E-state index in [-0.39, 0.29) is 29.8 Å². The number of rotatable bonds is 8. The molecule has 1 aromatic heterocycles. The molecule has 2 N–H and O–H groups in total. The molecule has 0 aliphatic carbocycles. The summed E-state index contributed by atoms with van der Waals surface area (Å²) in [5.74, 6) is -0.665. The van der Waals surface area contributed by atoms with Gasteiger partial charge >= 0.3 is 6.09 Å². The fraction of sp³-hybridized carbons (Fsp3) is 0.571. The summed E-state index contributed by atoms with van der Waals surface area (Å²) in [6, 6.07) is 0. The second-order valence-electron chi connectivity index (χ2n) is 4.95. The summed E-state index contributed by atoms with van der Waals surface area (Å²) in [5, 5.41) is 6.91. The highest BCUT2D eigenvalue weighted by molar-refractivity contribution is 7.14. The Kier molecular flexibility index (Phi) is 7.51. The molecule has 0 aromatic carbocycles. The Balaban J connectivity index is 2.41. The predicted molar refractivity (Wildman–Crippen MR) is 84.2 cm³/mol. The van der Waals surface area contributed by atoms with Crippen molar-refractivity contribution >= 4 is 34.3 Å². The Morgan fingerprint density at radius 1 is 1.36 bits per heavy atom. The number of hydrogen-bond acceptors (Lipinski definition) is 6. The van der Waals surface area contributed by atoms with Crippen LogP contribution in [0.5, 0.6) is 0 Å². The lowest BCUT2D eigenvalue weighted by Gasteiger charge is -2.05. The van der Waals surface area contributed by atoms with Crippen LogP contribution in [0.1, 0.15) is 44.1 Å². The summed E-state index contributed by atoms with van der Waals surface area (Å²) in [5.41, 5.74) is 0.206. The van der Waals surface area contributed by atoms with Crippen LogP contribution in [0.15, 0.2) is 5.38 Å². The van der Waals surface area contributed by atoms with Gasteiger partial charge in [-0.2, -0.15) is 0 Å². The number of nitrogens with one attached hydrogen (secondary N) is 2. The van der Waals surface area contributed by atoms with Gasteiger partial charge in [-0.05, 0) is 6.42 Å². The molecule has 1 aromatic rings. The highest BCUT2D eigenvalue weighted by Gasteiger charge is 2.15. The van der Waals surface area contributed by atoms with Crippen LogP contribution in [-0.4, -0.2) is 35.9 Å². The molecule has 0 fully saturated rings. The molecule has 1 heterocycles. The third-order valence-electron chi connectivity index (χ3n) is 2.67. The Hall–Kier alpha value is -1.96. The Morgan fingerprint density at radius 3 is 2.73 bits per heavy atom. The normalized spacial score (nSPS) is 10.4. The number of anilines is 1. The summed E-state index contributed by atoms with van der Waals surface area (Å²) in [6.07, 6.45) is 1.09. The van der Waals surface area contributed by atoms with Gasteiger partial charge in [0.1, 0.15) is 5.69 Å². The highest BCUT2D eigenvalue weighted by atomic mass is 32.1. The fourth-order valence-electron chi connectivity index (χ4n) is 1.31. The topological polar surface area (TPSA) is 97.4 Å². The van der Waals surface area contributed by atoms with Gasteiger partial charge < -0.3 is 15.4 Å². The second-order valence-corrected chi connectivity index (χ2v) is 5.81. The molecule has 8 heteroatoms. The molecule has 22 heavy (non-hydrogen) atoms. The number of nitrogens with zero attached hydrogens (tertiary/aromatic N) is 1. The van der Waals surface area contributed by atoms with E-state index < -0.39 is 6.09 Å². The third-order valence-corrected chi connectivity index (χ3v) is 3.43. The van der Waals surface area contributed by atoms with Crippen LogP contribution in [0.25, 0.3) is 0 Å². The monoisotopic (exact) mass is 327 g/mol. The minimum atomic E-state index is -0.620. The lowest BCUT2D eigenvalue weighted by Crippen LogP contribution is -2.30. The van der Waals surface area contributed by atoms with Crippen LogP contribution in [0.4, 0.5) is 9.93 Å². The Labute approximate surface area is 133 Å². The summed E-state index contributed by atoms with van der Waals surface area (Å²) in [6.45, 7) is 5.67.